The molecule has 1 heterocycles. The highest BCUT2D eigenvalue weighted by atomic mass is 16.2. The number of fused-ring (bicyclic) bond motifs is 1. The topological polar surface area (TPSA) is 44.7 Å². The van der Waals surface area contributed by atoms with E-state index >= 15 is 0 Å². The van der Waals surface area contributed by atoms with Crippen molar-refractivity contribution < 1.29 is 4.79 Å². The number of rotatable bonds is 2. The van der Waals surface area contributed by atoms with Gasteiger partial charge in [-0.1, -0.05) is 58.2 Å². The normalized spacial score (nSPS) is 19.7. The van der Waals surface area contributed by atoms with Gasteiger partial charge in [0.2, 0.25) is 0 Å². The predicted molar refractivity (Wildman–Crippen MR) is 94.7 cm³/mol. The van der Waals surface area contributed by atoms with E-state index in [1.807, 2.05) is 18.2 Å². The number of carbonyl (C=O) groups is 1. The Morgan fingerprint density at radius 2 is 1.87 bits per heavy atom. The van der Waals surface area contributed by atoms with Crippen LogP contribution in [0.3, 0.4) is 0 Å². The van der Waals surface area contributed by atoms with Crippen LogP contribution in [0, 0.1) is 11.3 Å². The van der Waals surface area contributed by atoms with Gasteiger partial charge in [0, 0.05) is 11.5 Å². The van der Waals surface area contributed by atoms with Crippen molar-refractivity contribution >= 4 is 17.4 Å². The first kappa shape index (κ1) is 16.0. The molecule has 1 saturated carbocycles. The summed E-state index contributed by atoms with van der Waals surface area (Å²) in [5, 5.41) is 9.51. The highest BCUT2D eigenvalue weighted by Crippen LogP contribution is 2.32. The van der Waals surface area contributed by atoms with Crippen LogP contribution in [0.5, 0.6) is 0 Å². The first-order valence-electron chi connectivity index (χ1n) is 8.70. The van der Waals surface area contributed by atoms with E-state index in [1.54, 1.807) is 5.01 Å². The Balaban J connectivity index is 2.01. The summed E-state index contributed by atoms with van der Waals surface area (Å²) in [6.45, 7) is 7.01. The van der Waals surface area contributed by atoms with Gasteiger partial charge in [-0.05, 0) is 24.3 Å². The number of carbonyl (C=O) groups excluding carboxylic acids is 1. The average Bonchev–Trinajstić information content (AvgIpc) is 2.64. The van der Waals surface area contributed by atoms with E-state index in [0.717, 1.165) is 17.0 Å². The summed E-state index contributed by atoms with van der Waals surface area (Å²) >= 11 is 0. The van der Waals surface area contributed by atoms with Gasteiger partial charge in [-0.25, -0.2) is 9.80 Å². The highest BCUT2D eigenvalue weighted by Gasteiger charge is 2.30. The van der Waals surface area contributed by atoms with Crippen molar-refractivity contribution in [2.45, 2.75) is 52.9 Å². The van der Waals surface area contributed by atoms with Gasteiger partial charge in [0.05, 0.1) is 17.9 Å². The molecule has 0 bridgehead atoms. The molecular formula is C19H27N3O. The first-order valence-corrected chi connectivity index (χ1v) is 8.70. The quantitative estimate of drug-likeness (QED) is 0.832. The van der Waals surface area contributed by atoms with Gasteiger partial charge in [0.1, 0.15) is 0 Å². The molecule has 0 radical (unpaired) electrons. The number of para-hydroxylation sites is 1. The van der Waals surface area contributed by atoms with E-state index in [-0.39, 0.29) is 11.4 Å². The summed E-state index contributed by atoms with van der Waals surface area (Å²) in [6.07, 6.45) is 6.17. The van der Waals surface area contributed by atoms with Gasteiger partial charge in [0.15, 0.2) is 0 Å². The van der Waals surface area contributed by atoms with E-state index in [1.165, 1.54) is 32.1 Å². The van der Waals surface area contributed by atoms with Crippen LogP contribution in [-0.4, -0.2) is 23.3 Å². The van der Waals surface area contributed by atoms with Gasteiger partial charge >= 0.3 is 6.03 Å². The predicted octanol–water partition coefficient (Wildman–Crippen LogP) is 4.86. The zero-order chi connectivity index (χ0) is 16.4. The number of anilines is 1. The fourth-order valence-electron chi connectivity index (χ4n) is 3.46. The van der Waals surface area contributed by atoms with Gasteiger partial charge in [-0.2, -0.15) is 5.10 Å². The maximum absolute atomic E-state index is 12.6. The van der Waals surface area contributed by atoms with Crippen molar-refractivity contribution in [3.63, 3.8) is 0 Å². The third-order valence-corrected chi connectivity index (χ3v) is 4.52. The van der Waals surface area contributed by atoms with Crippen LogP contribution in [0.1, 0.15) is 58.4 Å². The van der Waals surface area contributed by atoms with Crippen molar-refractivity contribution in [2.24, 2.45) is 16.4 Å². The number of hydrazone groups is 1. The Bertz CT molecular complexity index is 609. The second kappa shape index (κ2) is 6.34. The Morgan fingerprint density at radius 1 is 1.17 bits per heavy atom. The highest BCUT2D eigenvalue weighted by molar-refractivity contribution is 6.10. The molecule has 1 aromatic rings. The van der Waals surface area contributed by atoms with Crippen LogP contribution in [-0.2, 0) is 0 Å². The van der Waals surface area contributed by atoms with E-state index in [0.29, 0.717) is 12.5 Å². The molecule has 1 aromatic carbocycles. The van der Waals surface area contributed by atoms with Gasteiger partial charge in [-0.15, -0.1) is 0 Å². The number of hydrogen-bond acceptors (Lipinski definition) is 2. The SMILES string of the molecule is CC(C)(C)CN1N=C(C2CCCCC2)c2ccccc2NC1=O. The Labute approximate surface area is 139 Å². The zero-order valence-electron chi connectivity index (χ0n) is 14.4. The maximum Gasteiger partial charge on any atom is 0.342 e. The molecule has 2 aliphatic rings. The molecular weight excluding hydrogens is 286 g/mol. The largest absolute Gasteiger partial charge is 0.342 e. The number of benzene rings is 1. The number of nitrogens with one attached hydrogen (secondary N) is 1. The summed E-state index contributed by atoms with van der Waals surface area (Å²) in [4.78, 5) is 12.6. The van der Waals surface area contributed by atoms with Crippen LogP contribution < -0.4 is 5.32 Å². The van der Waals surface area contributed by atoms with E-state index in [4.69, 9.17) is 5.10 Å². The zero-order valence-corrected chi connectivity index (χ0v) is 14.4. The second-order valence-corrected chi connectivity index (χ2v) is 7.91. The fraction of sp³-hybridized carbons (Fsp3) is 0.579. The van der Waals surface area contributed by atoms with Crippen LogP contribution in [0.4, 0.5) is 10.5 Å². The fourth-order valence-corrected chi connectivity index (χ4v) is 3.46. The van der Waals surface area contributed by atoms with E-state index in [2.05, 4.69) is 32.2 Å². The summed E-state index contributed by atoms with van der Waals surface area (Å²) in [5.41, 5.74) is 3.07. The molecule has 0 aromatic heterocycles. The Hall–Kier alpha value is -1.84. The number of nitrogens with zero attached hydrogens (tertiary/aromatic N) is 2. The second-order valence-electron chi connectivity index (χ2n) is 7.91. The van der Waals surface area contributed by atoms with Crippen molar-refractivity contribution in [2.75, 3.05) is 11.9 Å². The maximum atomic E-state index is 12.6. The van der Waals surface area contributed by atoms with Crippen LogP contribution in [0.2, 0.25) is 0 Å². The van der Waals surface area contributed by atoms with Crippen LogP contribution in [0.15, 0.2) is 29.4 Å². The lowest BCUT2D eigenvalue weighted by atomic mass is 9.83. The van der Waals surface area contributed by atoms with Crippen molar-refractivity contribution in [3.8, 4) is 0 Å². The Morgan fingerprint density at radius 3 is 2.57 bits per heavy atom. The van der Waals surface area contributed by atoms with Gasteiger partial charge in [-0.3, -0.25) is 0 Å². The summed E-state index contributed by atoms with van der Waals surface area (Å²) in [6, 6.07) is 7.94. The van der Waals surface area contributed by atoms with Gasteiger partial charge < -0.3 is 5.32 Å². The standard InChI is InChI=1S/C19H27N3O/c1-19(2,3)13-22-18(23)20-16-12-8-7-11-15(16)17(21-22)14-9-5-4-6-10-14/h7-8,11-12,14H,4-6,9-10,13H2,1-3H3,(H,20,23). The van der Waals surface area contributed by atoms with E-state index < -0.39 is 0 Å². The molecule has 1 N–H and O–H groups in total. The average molecular weight is 313 g/mol. The lowest BCUT2D eigenvalue weighted by Crippen LogP contribution is -2.36. The molecule has 1 aliphatic carbocycles. The minimum atomic E-state index is -0.127. The molecule has 0 atom stereocenters. The third kappa shape index (κ3) is 3.74. The minimum absolute atomic E-state index is 0.00897. The number of amides is 2. The molecule has 4 heteroatoms. The smallest absolute Gasteiger partial charge is 0.306 e. The molecule has 2 amide bonds. The summed E-state index contributed by atoms with van der Waals surface area (Å²) < 4.78 is 0. The molecule has 23 heavy (non-hydrogen) atoms. The molecule has 1 aliphatic heterocycles. The van der Waals surface area contributed by atoms with Crippen molar-refractivity contribution in [3.05, 3.63) is 29.8 Å². The molecule has 0 spiro atoms. The van der Waals surface area contributed by atoms with Crippen molar-refractivity contribution in [1.82, 2.24) is 5.01 Å². The first-order chi connectivity index (χ1) is 10.9. The number of urea groups is 1. The molecule has 1 fully saturated rings. The number of hydrogen-bond donors (Lipinski definition) is 1. The lowest BCUT2D eigenvalue weighted by molar-refractivity contribution is 0.188. The van der Waals surface area contributed by atoms with Crippen LogP contribution in [0.25, 0.3) is 0 Å². The van der Waals surface area contributed by atoms with E-state index in [9.17, 15) is 4.79 Å². The third-order valence-electron chi connectivity index (χ3n) is 4.52. The molecule has 0 unspecified atom stereocenters. The molecule has 3 rings (SSSR count). The van der Waals surface area contributed by atoms with Crippen LogP contribution >= 0.6 is 0 Å². The van der Waals surface area contributed by atoms with Gasteiger partial charge in [0.25, 0.3) is 0 Å². The van der Waals surface area contributed by atoms with Crippen molar-refractivity contribution in [1.29, 1.82) is 0 Å². The minimum Gasteiger partial charge on any atom is -0.306 e. The molecule has 0 saturated heterocycles. The lowest BCUT2D eigenvalue weighted by Gasteiger charge is -2.27. The monoisotopic (exact) mass is 313 g/mol. The molecule has 124 valence electrons. The summed E-state index contributed by atoms with van der Waals surface area (Å²) in [5.74, 6) is 0.458. The summed E-state index contributed by atoms with van der Waals surface area (Å²) in [7, 11) is 0. The Kier molecular flexibility index (Phi) is 4.42. The molecule has 4 nitrogen and oxygen atoms in total.